The Labute approximate surface area is 101 Å². The maximum atomic E-state index is 12.8. The Morgan fingerprint density at radius 1 is 1.44 bits per heavy atom. The standard InChI is InChI=1S/C10H7ClFNO2S/c11-8-3-7(12)2-1-6(8)4-13-9(14)5-16-10(13)15/h1-3H,4-5H2. The quantitative estimate of drug-likeness (QED) is 0.819. The van der Waals surface area contributed by atoms with E-state index in [0.29, 0.717) is 5.56 Å². The van der Waals surface area contributed by atoms with Crippen LogP contribution in [0.15, 0.2) is 18.2 Å². The SMILES string of the molecule is O=C1CSC(=O)N1Cc1ccc(F)cc1Cl. The Kier molecular flexibility index (Phi) is 3.16. The van der Waals surface area contributed by atoms with Crippen molar-refractivity contribution in [3.63, 3.8) is 0 Å². The highest BCUT2D eigenvalue weighted by Crippen LogP contribution is 2.24. The van der Waals surface area contributed by atoms with Gasteiger partial charge in [-0.05, 0) is 17.7 Å². The smallest absolute Gasteiger partial charge is 0.273 e. The molecule has 0 N–H and O–H groups in total. The van der Waals surface area contributed by atoms with Gasteiger partial charge in [0.2, 0.25) is 5.91 Å². The largest absolute Gasteiger partial charge is 0.289 e. The van der Waals surface area contributed by atoms with E-state index < -0.39 is 5.82 Å². The van der Waals surface area contributed by atoms with Crippen LogP contribution in [0.3, 0.4) is 0 Å². The third kappa shape index (κ3) is 2.20. The summed E-state index contributed by atoms with van der Waals surface area (Å²) in [6, 6.07) is 3.88. The average molecular weight is 260 g/mol. The first-order valence-electron chi connectivity index (χ1n) is 4.49. The minimum absolute atomic E-state index is 0.101. The molecule has 1 heterocycles. The third-order valence-corrected chi connectivity index (χ3v) is 3.39. The molecule has 0 aliphatic carbocycles. The fourth-order valence-corrected chi connectivity index (χ4v) is 2.31. The molecule has 0 bridgehead atoms. The lowest BCUT2D eigenvalue weighted by molar-refractivity contribution is -0.125. The van der Waals surface area contributed by atoms with Gasteiger partial charge in [0.25, 0.3) is 5.24 Å². The summed E-state index contributed by atoms with van der Waals surface area (Å²) < 4.78 is 12.8. The van der Waals surface area contributed by atoms with Crippen molar-refractivity contribution in [3.8, 4) is 0 Å². The number of hydrogen-bond acceptors (Lipinski definition) is 3. The van der Waals surface area contributed by atoms with Gasteiger partial charge in [-0.15, -0.1) is 0 Å². The van der Waals surface area contributed by atoms with E-state index in [4.69, 9.17) is 11.6 Å². The summed E-state index contributed by atoms with van der Waals surface area (Å²) in [5, 5.41) is -0.0668. The maximum Gasteiger partial charge on any atom is 0.289 e. The number of rotatable bonds is 2. The summed E-state index contributed by atoms with van der Waals surface area (Å²) in [5.74, 6) is -0.518. The van der Waals surface area contributed by atoms with Crippen LogP contribution in [0.5, 0.6) is 0 Å². The van der Waals surface area contributed by atoms with Crippen molar-refractivity contribution in [2.45, 2.75) is 6.54 Å². The molecule has 0 aromatic heterocycles. The zero-order chi connectivity index (χ0) is 11.7. The van der Waals surface area contributed by atoms with Crippen molar-refractivity contribution in [2.75, 3.05) is 5.75 Å². The van der Waals surface area contributed by atoms with E-state index in [0.717, 1.165) is 22.7 Å². The number of nitrogens with zero attached hydrogens (tertiary/aromatic N) is 1. The average Bonchev–Trinajstić information content (AvgIpc) is 2.53. The van der Waals surface area contributed by atoms with Gasteiger partial charge in [0, 0.05) is 5.02 Å². The van der Waals surface area contributed by atoms with Crippen molar-refractivity contribution >= 4 is 34.5 Å². The highest BCUT2D eigenvalue weighted by molar-refractivity contribution is 8.14. The molecule has 0 unspecified atom stereocenters. The molecule has 16 heavy (non-hydrogen) atoms. The molecule has 1 aromatic rings. The molecule has 0 spiro atoms. The summed E-state index contributed by atoms with van der Waals surface area (Å²) in [5.41, 5.74) is 0.562. The summed E-state index contributed by atoms with van der Waals surface area (Å²) in [6.07, 6.45) is 0. The lowest BCUT2D eigenvalue weighted by atomic mass is 10.2. The van der Waals surface area contributed by atoms with Gasteiger partial charge in [0.1, 0.15) is 5.82 Å². The molecule has 1 saturated heterocycles. The van der Waals surface area contributed by atoms with Gasteiger partial charge >= 0.3 is 0 Å². The Hall–Kier alpha value is -1.07. The van der Waals surface area contributed by atoms with Crippen LogP contribution in [0.4, 0.5) is 9.18 Å². The first-order valence-corrected chi connectivity index (χ1v) is 5.85. The molecular formula is C10H7ClFNO2S. The minimum Gasteiger partial charge on any atom is -0.273 e. The van der Waals surface area contributed by atoms with Crippen LogP contribution >= 0.6 is 23.4 Å². The monoisotopic (exact) mass is 259 g/mol. The highest BCUT2D eigenvalue weighted by Gasteiger charge is 2.30. The number of carbonyl (C=O) groups is 2. The van der Waals surface area contributed by atoms with E-state index in [1.807, 2.05) is 0 Å². The van der Waals surface area contributed by atoms with Crippen molar-refractivity contribution < 1.29 is 14.0 Å². The van der Waals surface area contributed by atoms with Gasteiger partial charge in [-0.1, -0.05) is 29.4 Å². The molecule has 0 atom stereocenters. The molecular weight excluding hydrogens is 253 g/mol. The lowest BCUT2D eigenvalue weighted by Crippen LogP contribution is -2.28. The molecule has 1 aliphatic heterocycles. The Morgan fingerprint density at radius 2 is 2.19 bits per heavy atom. The number of halogens is 2. The zero-order valence-corrected chi connectivity index (χ0v) is 9.65. The number of amides is 2. The summed E-state index contributed by atoms with van der Waals surface area (Å²) >= 11 is 6.77. The number of benzene rings is 1. The first kappa shape index (κ1) is 11.4. The lowest BCUT2D eigenvalue weighted by Gasteiger charge is -2.13. The minimum atomic E-state index is -0.442. The second-order valence-electron chi connectivity index (χ2n) is 3.27. The predicted octanol–water partition coefficient (Wildman–Crippen LogP) is 2.67. The first-order chi connectivity index (χ1) is 7.58. The van der Waals surface area contributed by atoms with Gasteiger partial charge in [-0.2, -0.15) is 0 Å². The van der Waals surface area contributed by atoms with E-state index in [9.17, 15) is 14.0 Å². The maximum absolute atomic E-state index is 12.8. The van der Waals surface area contributed by atoms with Gasteiger partial charge in [-0.3, -0.25) is 14.5 Å². The topological polar surface area (TPSA) is 37.4 Å². The highest BCUT2D eigenvalue weighted by atomic mass is 35.5. The number of carbonyl (C=O) groups excluding carboxylic acids is 2. The summed E-state index contributed by atoms with van der Waals surface area (Å²) in [7, 11) is 0. The van der Waals surface area contributed by atoms with Gasteiger partial charge in [0.15, 0.2) is 0 Å². The molecule has 6 heteroatoms. The number of imide groups is 1. The van der Waals surface area contributed by atoms with Crippen molar-refractivity contribution in [2.24, 2.45) is 0 Å². The van der Waals surface area contributed by atoms with Gasteiger partial charge in [0.05, 0.1) is 12.3 Å². The second-order valence-corrected chi connectivity index (χ2v) is 4.60. The molecule has 2 amide bonds. The van der Waals surface area contributed by atoms with Crippen LogP contribution in [0, 0.1) is 5.82 Å². The van der Waals surface area contributed by atoms with E-state index in [1.54, 1.807) is 0 Å². The van der Waals surface area contributed by atoms with Crippen LogP contribution in [-0.2, 0) is 11.3 Å². The molecule has 1 aromatic carbocycles. The second kappa shape index (κ2) is 4.43. The number of hydrogen-bond donors (Lipinski definition) is 0. The van der Waals surface area contributed by atoms with Crippen molar-refractivity contribution in [3.05, 3.63) is 34.6 Å². The Morgan fingerprint density at radius 3 is 2.75 bits per heavy atom. The van der Waals surface area contributed by atoms with Crippen LogP contribution in [0.1, 0.15) is 5.56 Å². The molecule has 1 aliphatic rings. The van der Waals surface area contributed by atoms with Gasteiger partial charge in [-0.25, -0.2) is 4.39 Å². The van der Waals surface area contributed by atoms with Crippen LogP contribution in [-0.4, -0.2) is 21.8 Å². The molecule has 0 radical (unpaired) electrons. The zero-order valence-electron chi connectivity index (χ0n) is 8.07. The van der Waals surface area contributed by atoms with E-state index >= 15 is 0 Å². The molecule has 3 nitrogen and oxygen atoms in total. The van der Waals surface area contributed by atoms with E-state index in [2.05, 4.69) is 0 Å². The van der Waals surface area contributed by atoms with Gasteiger partial charge < -0.3 is 0 Å². The predicted molar refractivity (Wildman–Crippen MR) is 59.8 cm³/mol. The Bertz CT molecular complexity index is 450. The molecule has 1 fully saturated rings. The number of thioether (sulfide) groups is 1. The third-order valence-electron chi connectivity index (χ3n) is 2.18. The summed E-state index contributed by atoms with van der Waals surface area (Å²) in [4.78, 5) is 23.8. The van der Waals surface area contributed by atoms with Crippen LogP contribution < -0.4 is 0 Å². The molecule has 0 saturated carbocycles. The summed E-state index contributed by atoms with van der Waals surface area (Å²) in [6.45, 7) is 0.101. The van der Waals surface area contributed by atoms with E-state index in [-0.39, 0.29) is 28.5 Å². The Balaban J connectivity index is 2.20. The normalized spacial score (nSPS) is 16.0. The van der Waals surface area contributed by atoms with Crippen molar-refractivity contribution in [1.82, 2.24) is 4.90 Å². The molecule has 84 valence electrons. The molecule has 2 rings (SSSR count). The van der Waals surface area contributed by atoms with Crippen LogP contribution in [0.25, 0.3) is 0 Å². The van der Waals surface area contributed by atoms with Crippen molar-refractivity contribution in [1.29, 1.82) is 0 Å². The van der Waals surface area contributed by atoms with E-state index in [1.165, 1.54) is 12.1 Å². The fourth-order valence-electron chi connectivity index (χ4n) is 1.35. The van der Waals surface area contributed by atoms with Crippen LogP contribution in [0.2, 0.25) is 5.02 Å². The fraction of sp³-hybridized carbons (Fsp3) is 0.200.